The van der Waals surface area contributed by atoms with Crippen molar-refractivity contribution in [3.05, 3.63) is 65.5 Å². The normalized spacial score (nSPS) is 16.0. The summed E-state index contributed by atoms with van der Waals surface area (Å²) in [5, 5.41) is 6.77. The minimum absolute atomic E-state index is 0.110. The third kappa shape index (κ3) is 5.33. The van der Waals surface area contributed by atoms with Crippen LogP contribution in [0.3, 0.4) is 0 Å². The maximum absolute atomic E-state index is 13.0. The monoisotopic (exact) mass is 459 g/mol. The second kappa shape index (κ2) is 9.22. The second-order valence-electron chi connectivity index (χ2n) is 8.03. The van der Waals surface area contributed by atoms with E-state index in [9.17, 15) is 18.0 Å². The molecule has 1 N–H and O–H groups in total. The zero-order chi connectivity index (χ0) is 23.6. The molecule has 1 aromatic heterocycles. The lowest BCUT2D eigenvalue weighted by atomic mass is 10.1. The Morgan fingerprint density at radius 1 is 1.09 bits per heavy atom. The molecule has 0 spiro atoms. The molecule has 1 aliphatic heterocycles. The van der Waals surface area contributed by atoms with Crippen LogP contribution in [-0.4, -0.2) is 52.2 Å². The number of halogens is 3. The van der Waals surface area contributed by atoms with E-state index in [0.717, 1.165) is 23.4 Å². The molecule has 1 fully saturated rings. The number of anilines is 1. The lowest BCUT2D eigenvalue weighted by Crippen LogP contribution is -2.50. The first kappa shape index (κ1) is 22.8. The van der Waals surface area contributed by atoms with E-state index in [4.69, 9.17) is 4.52 Å². The van der Waals surface area contributed by atoms with Gasteiger partial charge in [0.1, 0.15) is 0 Å². The predicted molar refractivity (Wildman–Crippen MR) is 116 cm³/mol. The summed E-state index contributed by atoms with van der Waals surface area (Å²) in [6.07, 6.45) is -4.44. The van der Waals surface area contributed by atoms with Gasteiger partial charge < -0.3 is 14.7 Å². The van der Waals surface area contributed by atoms with Gasteiger partial charge in [0.25, 0.3) is 0 Å². The quantitative estimate of drug-likeness (QED) is 0.596. The number of hydrogen-bond donors (Lipinski definition) is 1. The van der Waals surface area contributed by atoms with Gasteiger partial charge in [-0.1, -0.05) is 35.0 Å². The van der Waals surface area contributed by atoms with Crippen molar-refractivity contribution >= 4 is 11.7 Å². The Morgan fingerprint density at radius 3 is 2.45 bits per heavy atom. The highest BCUT2D eigenvalue weighted by atomic mass is 19.4. The topological polar surface area (TPSA) is 74.5 Å². The van der Waals surface area contributed by atoms with Gasteiger partial charge in [-0.05, 0) is 38.1 Å². The molecule has 0 radical (unpaired) electrons. The Morgan fingerprint density at radius 2 is 1.79 bits per heavy atom. The van der Waals surface area contributed by atoms with Gasteiger partial charge in [0, 0.05) is 37.4 Å². The number of alkyl halides is 3. The maximum Gasteiger partial charge on any atom is 0.416 e. The molecule has 1 saturated heterocycles. The molecule has 1 unspecified atom stereocenters. The molecular formula is C23H24F3N5O2. The molecule has 3 aromatic rings. The summed E-state index contributed by atoms with van der Waals surface area (Å²) in [7, 11) is 0. The number of rotatable bonds is 4. The fraction of sp³-hybridized carbons (Fsp3) is 0.348. The van der Waals surface area contributed by atoms with Crippen LogP contribution in [0.5, 0.6) is 0 Å². The number of aromatic nitrogens is 2. The van der Waals surface area contributed by atoms with Crippen LogP contribution in [0, 0.1) is 6.92 Å². The van der Waals surface area contributed by atoms with Crippen molar-refractivity contribution in [2.45, 2.75) is 26.1 Å². The van der Waals surface area contributed by atoms with E-state index in [1.54, 1.807) is 4.90 Å². The summed E-state index contributed by atoms with van der Waals surface area (Å²) >= 11 is 0. The molecule has 0 bridgehead atoms. The first-order chi connectivity index (χ1) is 15.7. The van der Waals surface area contributed by atoms with Crippen molar-refractivity contribution in [2.75, 3.05) is 31.5 Å². The number of nitrogens with zero attached hydrogens (tertiary/aromatic N) is 4. The fourth-order valence-corrected chi connectivity index (χ4v) is 3.66. The van der Waals surface area contributed by atoms with Crippen LogP contribution in [0.2, 0.25) is 0 Å². The standard InChI is InChI=1S/C23H24F3N5O2/c1-15-6-8-19(9-7-15)27-22(32)31-12-10-30(11-13-31)16(2)21-28-20(29-33-21)17-4-3-5-18(14-17)23(24,25)26/h3-9,14,16H,10-13H2,1-2H3,(H,27,32). The molecule has 2 heterocycles. The summed E-state index contributed by atoms with van der Waals surface area (Å²) in [6, 6.07) is 12.0. The van der Waals surface area contributed by atoms with Crippen molar-refractivity contribution in [1.82, 2.24) is 19.9 Å². The summed E-state index contributed by atoms with van der Waals surface area (Å²) in [6.45, 7) is 6.13. The highest BCUT2D eigenvalue weighted by Crippen LogP contribution is 2.32. The molecule has 4 rings (SSSR count). The summed E-state index contributed by atoms with van der Waals surface area (Å²) in [5.74, 6) is 0.430. The van der Waals surface area contributed by atoms with Crippen LogP contribution in [0.25, 0.3) is 11.4 Å². The van der Waals surface area contributed by atoms with Gasteiger partial charge in [-0.2, -0.15) is 18.2 Å². The smallest absolute Gasteiger partial charge is 0.337 e. The molecule has 2 amide bonds. The lowest BCUT2D eigenvalue weighted by molar-refractivity contribution is -0.137. The number of hydrogen-bond acceptors (Lipinski definition) is 5. The zero-order valence-electron chi connectivity index (χ0n) is 18.3. The number of amides is 2. The predicted octanol–water partition coefficient (Wildman–Crippen LogP) is 4.97. The molecular weight excluding hydrogens is 435 g/mol. The Bertz CT molecular complexity index is 1110. The van der Waals surface area contributed by atoms with Crippen LogP contribution in [0.15, 0.2) is 53.1 Å². The Hall–Kier alpha value is -3.40. The van der Waals surface area contributed by atoms with Crippen molar-refractivity contribution < 1.29 is 22.5 Å². The molecule has 0 saturated carbocycles. The highest BCUT2D eigenvalue weighted by Gasteiger charge is 2.31. The van der Waals surface area contributed by atoms with E-state index in [0.29, 0.717) is 32.1 Å². The molecule has 0 aliphatic carbocycles. The first-order valence-corrected chi connectivity index (χ1v) is 10.6. The highest BCUT2D eigenvalue weighted by molar-refractivity contribution is 5.89. The van der Waals surface area contributed by atoms with Gasteiger partial charge in [0.05, 0.1) is 11.6 Å². The molecule has 10 heteroatoms. The van der Waals surface area contributed by atoms with E-state index in [1.807, 2.05) is 38.1 Å². The lowest BCUT2D eigenvalue weighted by Gasteiger charge is -2.36. The molecule has 1 aliphatic rings. The first-order valence-electron chi connectivity index (χ1n) is 10.6. The van der Waals surface area contributed by atoms with Crippen LogP contribution in [-0.2, 0) is 6.18 Å². The number of piperazine rings is 1. The van der Waals surface area contributed by atoms with Crippen LogP contribution < -0.4 is 5.32 Å². The number of aryl methyl sites for hydroxylation is 1. The molecule has 7 nitrogen and oxygen atoms in total. The maximum atomic E-state index is 13.0. The van der Waals surface area contributed by atoms with E-state index in [-0.39, 0.29) is 23.5 Å². The van der Waals surface area contributed by atoms with Gasteiger partial charge in [-0.15, -0.1) is 0 Å². The minimum Gasteiger partial charge on any atom is -0.337 e. The van der Waals surface area contributed by atoms with Gasteiger partial charge in [0.15, 0.2) is 0 Å². The van der Waals surface area contributed by atoms with Crippen LogP contribution in [0.1, 0.15) is 30.0 Å². The Kier molecular flexibility index (Phi) is 6.37. The molecule has 174 valence electrons. The largest absolute Gasteiger partial charge is 0.416 e. The van der Waals surface area contributed by atoms with Gasteiger partial charge in [-0.3, -0.25) is 4.90 Å². The second-order valence-corrected chi connectivity index (χ2v) is 8.03. The molecule has 33 heavy (non-hydrogen) atoms. The molecule has 2 aromatic carbocycles. The Balaban J connectivity index is 1.36. The summed E-state index contributed by atoms with van der Waals surface area (Å²) < 4.78 is 44.3. The Labute approximate surface area is 189 Å². The minimum atomic E-state index is -4.44. The SMILES string of the molecule is Cc1ccc(NC(=O)N2CCN(C(C)c3nc(-c4cccc(C(F)(F)F)c4)no3)CC2)cc1. The zero-order valence-corrected chi connectivity index (χ0v) is 18.3. The number of carbonyl (C=O) groups excluding carboxylic acids is 1. The van der Waals surface area contributed by atoms with Crippen molar-refractivity contribution in [2.24, 2.45) is 0 Å². The number of urea groups is 1. The van der Waals surface area contributed by atoms with Gasteiger partial charge in [-0.25, -0.2) is 4.79 Å². The van der Waals surface area contributed by atoms with Crippen molar-refractivity contribution in [3.63, 3.8) is 0 Å². The third-order valence-electron chi connectivity index (χ3n) is 5.70. The number of benzene rings is 2. The van der Waals surface area contributed by atoms with Crippen molar-refractivity contribution in [1.29, 1.82) is 0 Å². The number of nitrogens with one attached hydrogen (secondary N) is 1. The molecule has 1 atom stereocenters. The van der Waals surface area contributed by atoms with Crippen molar-refractivity contribution in [3.8, 4) is 11.4 Å². The average molecular weight is 459 g/mol. The fourth-order valence-electron chi connectivity index (χ4n) is 3.66. The van der Waals surface area contributed by atoms with Crippen LogP contribution >= 0.6 is 0 Å². The van der Waals surface area contributed by atoms with E-state index in [1.165, 1.54) is 12.1 Å². The van der Waals surface area contributed by atoms with E-state index >= 15 is 0 Å². The van der Waals surface area contributed by atoms with Gasteiger partial charge >= 0.3 is 12.2 Å². The summed E-state index contributed by atoms with van der Waals surface area (Å²) in [5.41, 5.74) is 1.34. The van der Waals surface area contributed by atoms with Crippen LogP contribution in [0.4, 0.5) is 23.7 Å². The van der Waals surface area contributed by atoms with Gasteiger partial charge in [0.2, 0.25) is 11.7 Å². The number of carbonyl (C=O) groups is 1. The third-order valence-corrected chi connectivity index (χ3v) is 5.70. The summed E-state index contributed by atoms with van der Waals surface area (Å²) in [4.78, 5) is 20.7. The van der Waals surface area contributed by atoms with E-state index < -0.39 is 11.7 Å². The average Bonchev–Trinajstić information content (AvgIpc) is 3.30. The van der Waals surface area contributed by atoms with E-state index in [2.05, 4.69) is 20.4 Å².